The fourth-order valence-corrected chi connectivity index (χ4v) is 3.24. The Bertz CT molecular complexity index is 1010. The molecular formula is C21H19N3O3. The van der Waals surface area contributed by atoms with Crippen LogP contribution in [0.3, 0.4) is 0 Å². The normalized spacial score (nSPS) is 14.7. The molecule has 0 aliphatic carbocycles. The predicted octanol–water partition coefficient (Wildman–Crippen LogP) is 4.34. The number of nitrogens with zero attached hydrogens (tertiary/aromatic N) is 3. The molecule has 0 bridgehead atoms. The third kappa shape index (κ3) is 3.80. The molecule has 1 aliphatic heterocycles. The van der Waals surface area contributed by atoms with Crippen molar-refractivity contribution >= 4 is 34.0 Å². The van der Waals surface area contributed by atoms with Gasteiger partial charge in [0.1, 0.15) is 5.69 Å². The minimum Gasteiger partial charge on any atom is -0.378 e. The zero-order valence-electron chi connectivity index (χ0n) is 14.7. The zero-order chi connectivity index (χ0) is 18.6. The van der Waals surface area contributed by atoms with Gasteiger partial charge in [-0.25, -0.2) is 0 Å². The second-order valence-electron chi connectivity index (χ2n) is 6.39. The largest absolute Gasteiger partial charge is 0.378 e. The standard InChI is InChI=1S/C21H19N3O3/c25-24(26)21-13-16(5-8-20(21)23-9-11-27-12-10-23)15-22-19-7-6-17-3-1-2-4-18(17)14-19/h1-8,13-15H,9-12H2. The Hall–Kier alpha value is -3.25. The molecule has 1 fully saturated rings. The van der Waals surface area contributed by atoms with Crippen LogP contribution in [0.4, 0.5) is 17.1 Å². The van der Waals surface area contributed by atoms with Gasteiger partial charge in [-0.15, -0.1) is 0 Å². The molecule has 27 heavy (non-hydrogen) atoms. The second-order valence-corrected chi connectivity index (χ2v) is 6.39. The highest BCUT2D eigenvalue weighted by atomic mass is 16.6. The highest BCUT2D eigenvalue weighted by Crippen LogP contribution is 2.30. The number of fused-ring (bicyclic) bond motifs is 1. The van der Waals surface area contributed by atoms with Gasteiger partial charge in [-0.1, -0.05) is 36.4 Å². The fraction of sp³-hybridized carbons (Fsp3) is 0.190. The first kappa shape index (κ1) is 17.2. The first-order valence-corrected chi connectivity index (χ1v) is 8.85. The molecule has 3 aromatic rings. The van der Waals surface area contributed by atoms with Crippen molar-refractivity contribution in [1.29, 1.82) is 0 Å². The predicted molar refractivity (Wildman–Crippen MR) is 107 cm³/mol. The van der Waals surface area contributed by atoms with Gasteiger partial charge in [-0.05, 0) is 34.5 Å². The van der Waals surface area contributed by atoms with Gasteiger partial charge in [-0.2, -0.15) is 0 Å². The number of ether oxygens (including phenoxy) is 1. The van der Waals surface area contributed by atoms with E-state index >= 15 is 0 Å². The molecule has 0 spiro atoms. The topological polar surface area (TPSA) is 68.0 Å². The first-order chi connectivity index (χ1) is 13.2. The maximum atomic E-state index is 11.5. The summed E-state index contributed by atoms with van der Waals surface area (Å²) in [4.78, 5) is 17.7. The number of nitro groups is 1. The van der Waals surface area contributed by atoms with Crippen molar-refractivity contribution in [1.82, 2.24) is 0 Å². The number of rotatable bonds is 4. The van der Waals surface area contributed by atoms with Gasteiger partial charge in [-0.3, -0.25) is 15.1 Å². The van der Waals surface area contributed by atoms with E-state index in [-0.39, 0.29) is 10.6 Å². The number of hydrogen-bond donors (Lipinski definition) is 0. The lowest BCUT2D eigenvalue weighted by molar-refractivity contribution is -0.384. The van der Waals surface area contributed by atoms with E-state index in [2.05, 4.69) is 11.1 Å². The molecule has 6 nitrogen and oxygen atoms in total. The van der Waals surface area contributed by atoms with Gasteiger partial charge in [0.2, 0.25) is 0 Å². The van der Waals surface area contributed by atoms with Crippen molar-refractivity contribution in [2.24, 2.45) is 4.99 Å². The Morgan fingerprint density at radius 1 is 1.00 bits per heavy atom. The van der Waals surface area contributed by atoms with Gasteiger partial charge in [0.25, 0.3) is 5.69 Å². The number of hydrogen-bond acceptors (Lipinski definition) is 5. The van der Waals surface area contributed by atoms with Crippen LogP contribution in [-0.2, 0) is 4.74 Å². The molecule has 1 saturated heterocycles. The number of nitro benzene ring substituents is 1. The molecule has 4 rings (SSSR count). The molecule has 0 unspecified atom stereocenters. The molecule has 0 saturated carbocycles. The molecule has 0 amide bonds. The van der Waals surface area contributed by atoms with E-state index in [0.717, 1.165) is 16.5 Å². The van der Waals surface area contributed by atoms with Crippen molar-refractivity contribution in [2.75, 3.05) is 31.2 Å². The summed E-state index contributed by atoms with van der Waals surface area (Å²) in [6.45, 7) is 2.49. The highest BCUT2D eigenvalue weighted by Gasteiger charge is 2.21. The Kier molecular flexibility index (Phi) is 4.80. The summed E-state index contributed by atoms with van der Waals surface area (Å²) in [7, 11) is 0. The van der Waals surface area contributed by atoms with Crippen molar-refractivity contribution in [2.45, 2.75) is 0 Å². The van der Waals surface area contributed by atoms with Gasteiger partial charge >= 0.3 is 0 Å². The van der Waals surface area contributed by atoms with E-state index in [4.69, 9.17) is 4.74 Å². The minimum atomic E-state index is -0.335. The molecule has 1 heterocycles. The monoisotopic (exact) mass is 361 g/mol. The summed E-state index contributed by atoms with van der Waals surface area (Å²) in [5.74, 6) is 0. The van der Waals surface area contributed by atoms with Crippen LogP contribution in [0.1, 0.15) is 5.56 Å². The van der Waals surface area contributed by atoms with Gasteiger partial charge < -0.3 is 9.64 Å². The van der Waals surface area contributed by atoms with Crippen molar-refractivity contribution in [3.63, 3.8) is 0 Å². The minimum absolute atomic E-state index is 0.0966. The SMILES string of the molecule is O=[N+]([O-])c1cc(C=Nc2ccc3ccccc3c2)ccc1N1CCOCC1. The molecule has 0 aromatic heterocycles. The maximum Gasteiger partial charge on any atom is 0.293 e. The van der Waals surface area contributed by atoms with E-state index in [0.29, 0.717) is 37.6 Å². The smallest absolute Gasteiger partial charge is 0.293 e. The van der Waals surface area contributed by atoms with Crippen LogP contribution < -0.4 is 4.90 Å². The Morgan fingerprint density at radius 3 is 2.56 bits per heavy atom. The molecule has 1 aliphatic rings. The Labute approximate surface area is 156 Å². The van der Waals surface area contributed by atoms with E-state index in [1.165, 1.54) is 0 Å². The number of aliphatic imine (C=N–C) groups is 1. The summed E-state index contributed by atoms with van der Waals surface area (Å²) in [5.41, 5.74) is 2.24. The fourth-order valence-electron chi connectivity index (χ4n) is 3.24. The molecule has 3 aromatic carbocycles. The van der Waals surface area contributed by atoms with E-state index < -0.39 is 0 Å². The van der Waals surface area contributed by atoms with E-state index in [1.807, 2.05) is 47.4 Å². The average molecular weight is 361 g/mol. The van der Waals surface area contributed by atoms with Crippen LogP contribution in [0.15, 0.2) is 65.7 Å². The molecule has 0 atom stereocenters. The average Bonchev–Trinajstić information content (AvgIpc) is 2.72. The summed E-state index contributed by atoms with van der Waals surface area (Å²) in [5, 5.41) is 13.8. The quantitative estimate of drug-likeness (QED) is 0.394. The molecule has 6 heteroatoms. The van der Waals surface area contributed by atoms with Crippen LogP contribution >= 0.6 is 0 Å². The molecule has 136 valence electrons. The summed E-state index contributed by atoms with van der Waals surface area (Å²) < 4.78 is 5.33. The van der Waals surface area contributed by atoms with Crippen molar-refractivity contribution < 1.29 is 9.66 Å². The Morgan fingerprint density at radius 2 is 1.78 bits per heavy atom. The van der Waals surface area contributed by atoms with Crippen LogP contribution in [0.25, 0.3) is 10.8 Å². The summed E-state index contributed by atoms with van der Waals surface area (Å²) in [6.07, 6.45) is 1.67. The second kappa shape index (κ2) is 7.55. The zero-order valence-corrected chi connectivity index (χ0v) is 14.7. The van der Waals surface area contributed by atoms with Crippen LogP contribution in [0, 0.1) is 10.1 Å². The van der Waals surface area contributed by atoms with Crippen LogP contribution in [0.5, 0.6) is 0 Å². The Balaban J connectivity index is 1.61. The maximum absolute atomic E-state index is 11.5. The summed E-state index contributed by atoms with van der Waals surface area (Å²) in [6, 6.07) is 19.3. The van der Waals surface area contributed by atoms with Gasteiger partial charge in [0.15, 0.2) is 0 Å². The van der Waals surface area contributed by atoms with Crippen LogP contribution in [0.2, 0.25) is 0 Å². The van der Waals surface area contributed by atoms with E-state index in [9.17, 15) is 10.1 Å². The van der Waals surface area contributed by atoms with Crippen molar-refractivity contribution in [3.8, 4) is 0 Å². The summed E-state index contributed by atoms with van der Waals surface area (Å²) >= 11 is 0. The lowest BCUT2D eigenvalue weighted by atomic mass is 10.1. The number of benzene rings is 3. The highest BCUT2D eigenvalue weighted by molar-refractivity contribution is 5.88. The van der Waals surface area contributed by atoms with Crippen LogP contribution in [-0.4, -0.2) is 37.4 Å². The number of morpholine rings is 1. The molecule has 0 N–H and O–H groups in total. The molecule has 0 radical (unpaired) electrons. The van der Waals surface area contributed by atoms with Crippen molar-refractivity contribution in [3.05, 3.63) is 76.3 Å². The third-order valence-electron chi connectivity index (χ3n) is 4.64. The molecular weight excluding hydrogens is 342 g/mol. The lowest BCUT2D eigenvalue weighted by Crippen LogP contribution is -2.36. The van der Waals surface area contributed by atoms with Gasteiger partial charge in [0, 0.05) is 25.4 Å². The lowest BCUT2D eigenvalue weighted by Gasteiger charge is -2.28. The van der Waals surface area contributed by atoms with Gasteiger partial charge in [0.05, 0.1) is 23.8 Å². The number of anilines is 1. The van der Waals surface area contributed by atoms with E-state index in [1.54, 1.807) is 18.3 Å². The first-order valence-electron chi connectivity index (χ1n) is 8.85. The third-order valence-corrected chi connectivity index (χ3v) is 4.64.